The van der Waals surface area contributed by atoms with Gasteiger partial charge < -0.3 is 4.57 Å². The fraction of sp³-hybridized carbons (Fsp3) is 0.316. The number of aromatic nitrogens is 2. The Morgan fingerprint density at radius 1 is 1.14 bits per heavy atom. The second kappa shape index (κ2) is 6.32. The van der Waals surface area contributed by atoms with Crippen molar-refractivity contribution in [3.05, 3.63) is 51.5 Å². The van der Waals surface area contributed by atoms with Gasteiger partial charge in [-0.25, -0.2) is 13.8 Å². The van der Waals surface area contributed by atoms with Crippen molar-refractivity contribution in [1.29, 1.82) is 0 Å². The Kier molecular flexibility index (Phi) is 4.39. The predicted molar refractivity (Wildman–Crippen MR) is 98.2 cm³/mol. The summed E-state index contributed by atoms with van der Waals surface area (Å²) in [5, 5.41) is 0.568. The van der Waals surface area contributed by atoms with Crippen LogP contribution in [0.1, 0.15) is 24.5 Å². The molecule has 0 bridgehead atoms. The highest BCUT2D eigenvalue weighted by atomic mass is 35.5. The maximum atomic E-state index is 13.3. The molecule has 28 heavy (non-hydrogen) atoms. The Morgan fingerprint density at radius 2 is 1.82 bits per heavy atom. The Hall–Kier alpha value is -1.86. The summed E-state index contributed by atoms with van der Waals surface area (Å²) < 4.78 is 68.1. The van der Waals surface area contributed by atoms with Gasteiger partial charge in [-0.3, -0.25) is 0 Å². The lowest BCUT2D eigenvalue weighted by Crippen LogP contribution is -2.35. The minimum Gasteiger partial charge on any atom is -0.323 e. The normalized spacial score (nSPS) is 19.2. The van der Waals surface area contributed by atoms with Crippen molar-refractivity contribution < 1.29 is 22.0 Å². The fourth-order valence-corrected chi connectivity index (χ4v) is 4.17. The first kappa shape index (κ1) is 19.5. The number of imidazole rings is 1. The van der Waals surface area contributed by atoms with E-state index in [2.05, 4.69) is 4.98 Å². The van der Waals surface area contributed by atoms with Crippen LogP contribution in [0.3, 0.4) is 0 Å². The zero-order valence-electron chi connectivity index (χ0n) is 14.4. The van der Waals surface area contributed by atoms with Crippen molar-refractivity contribution in [1.82, 2.24) is 9.55 Å². The summed E-state index contributed by atoms with van der Waals surface area (Å²) in [7, 11) is 0. The molecule has 0 spiro atoms. The molecule has 0 amide bonds. The summed E-state index contributed by atoms with van der Waals surface area (Å²) in [5.74, 6) is 0.406. The molecule has 1 aliphatic rings. The summed E-state index contributed by atoms with van der Waals surface area (Å²) in [6.07, 6.45) is -7.83. The molecule has 1 aromatic heterocycles. The van der Waals surface area contributed by atoms with Crippen LogP contribution < -0.4 is 0 Å². The number of benzene rings is 2. The maximum Gasteiger partial charge on any atom is 0.416 e. The fourth-order valence-electron chi connectivity index (χ4n) is 3.85. The van der Waals surface area contributed by atoms with Gasteiger partial charge in [0.05, 0.1) is 26.6 Å². The van der Waals surface area contributed by atoms with E-state index in [0.29, 0.717) is 22.4 Å². The summed E-state index contributed by atoms with van der Waals surface area (Å²) in [6.45, 7) is 1.60. The van der Waals surface area contributed by atoms with Crippen LogP contribution in [0.2, 0.25) is 10.0 Å². The molecule has 3 aromatic rings. The lowest BCUT2D eigenvalue weighted by Gasteiger charge is -2.37. The first-order valence-electron chi connectivity index (χ1n) is 8.35. The molecule has 0 fully saturated rings. The van der Waals surface area contributed by atoms with E-state index in [1.807, 2.05) is 0 Å². The molecule has 0 saturated heterocycles. The topological polar surface area (TPSA) is 17.8 Å². The van der Waals surface area contributed by atoms with E-state index in [1.54, 1.807) is 23.6 Å². The number of halogens is 7. The molecule has 148 valence electrons. The molecule has 1 unspecified atom stereocenters. The van der Waals surface area contributed by atoms with Crippen LogP contribution in [0.5, 0.6) is 0 Å². The first-order valence-corrected chi connectivity index (χ1v) is 9.11. The number of rotatable bonds is 2. The van der Waals surface area contributed by atoms with Gasteiger partial charge in [-0.05, 0) is 29.8 Å². The second-order valence-corrected chi connectivity index (χ2v) is 8.00. The van der Waals surface area contributed by atoms with Crippen LogP contribution in [0.15, 0.2) is 30.3 Å². The summed E-state index contributed by atoms with van der Waals surface area (Å²) >= 11 is 12.1. The monoisotopic (exact) mass is 434 g/mol. The van der Waals surface area contributed by atoms with Gasteiger partial charge in [-0.15, -0.1) is 0 Å². The van der Waals surface area contributed by atoms with Crippen LogP contribution in [0, 0.1) is 0 Å². The van der Waals surface area contributed by atoms with Gasteiger partial charge in [-0.2, -0.15) is 13.2 Å². The average Bonchev–Trinajstić information content (AvgIpc) is 2.91. The van der Waals surface area contributed by atoms with Crippen LogP contribution >= 0.6 is 23.2 Å². The van der Waals surface area contributed by atoms with Crippen molar-refractivity contribution in [3.8, 4) is 11.4 Å². The van der Waals surface area contributed by atoms with Gasteiger partial charge in [0.25, 0.3) is 0 Å². The maximum absolute atomic E-state index is 13.3. The number of fused-ring (bicyclic) bond motifs is 5. The largest absolute Gasteiger partial charge is 0.416 e. The predicted octanol–water partition coefficient (Wildman–Crippen LogP) is 6.96. The first-order chi connectivity index (χ1) is 13.0. The summed E-state index contributed by atoms with van der Waals surface area (Å²) in [5.41, 5.74) is -0.389. The van der Waals surface area contributed by atoms with E-state index >= 15 is 0 Å². The summed E-state index contributed by atoms with van der Waals surface area (Å²) in [6, 6.07) is 6.34. The van der Waals surface area contributed by atoms with E-state index in [0.717, 1.165) is 12.1 Å². The van der Waals surface area contributed by atoms with Crippen LogP contribution in [0.4, 0.5) is 22.0 Å². The molecule has 0 saturated carbocycles. The van der Waals surface area contributed by atoms with Gasteiger partial charge in [0, 0.05) is 23.9 Å². The van der Waals surface area contributed by atoms with Crippen molar-refractivity contribution in [2.24, 2.45) is 0 Å². The Balaban J connectivity index is 2.01. The van der Waals surface area contributed by atoms with Crippen molar-refractivity contribution in [2.75, 3.05) is 0 Å². The highest BCUT2D eigenvalue weighted by Crippen LogP contribution is 2.46. The van der Waals surface area contributed by atoms with Gasteiger partial charge in [0.15, 0.2) is 0 Å². The van der Waals surface area contributed by atoms with Gasteiger partial charge in [0.1, 0.15) is 5.82 Å². The second-order valence-electron chi connectivity index (χ2n) is 7.19. The van der Waals surface area contributed by atoms with Crippen LogP contribution in [-0.4, -0.2) is 16.0 Å². The molecule has 2 heterocycles. The Bertz CT molecular complexity index is 1090. The lowest BCUT2D eigenvalue weighted by molar-refractivity contribution is -0.137. The minimum atomic E-state index is -4.57. The van der Waals surface area contributed by atoms with Gasteiger partial charge in [-0.1, -0.05) is 36.2 Å². The quantitative estimate of drug-likeness (QED) is 0.398. The van der Waals surface area contributed by atoms with E-state index in [-0.39, 0.29) is 22.2 Å². The van der Waals surface area contributed by atoms with E-state index < -0.39 is 30.0 Å². The molecule has 0 aliphatic carbocycles. The Morgan fingerprint density at radius 3 is 2.46 bits per heavy atom. The van der Waals surface area contributed by atoms with Gasteiger partial charge >= 0.3 is 6.18 Å². The SMILES string of the molecule is CC1(CC(F)F)Cn2c(nc3cc(Cl)c(Cl)cc32)-c2ccc(C(F)(F)F)cc21. The summed E-state index contributed by atoms with van der Waals surface area (Å²) in [4.78, 5) is 4.48. The average molecular weight is 435 g/mol. The molecule has 2 aromatic carbocycles. The number of hydrogen-bond donors (Lipinski definition) is 0. The molecular weight excluding hydrogens is 422 g/mol. The zero-order valence-corrected chi connectivity index (χ0v) is 15.9. The molecule has 2 nitrogen and oxygen atoms in total. The number of nitrogens with zero attached hydrogens (tertiary/aromatic N) is 2. The molecule has 1 aliphatic heterocycles. The third-order valence-corrected chi connectivity index (χ3v) is 5.86. The number of alkyl halides is 5. The lowest BCUT2D eigenvalue weighted by atomic mass is 9.74. The van der Waals surface area contributed by atoms with E-state index in [9.17, 15) is 22.0 Å². The third kappa shape index (κ3) is 3.05. The molecule has 4 rings (SSSR count). The zero-order chi connectivity index (χ0) is 20.4. The molecule has 0 N–H and O–H groups in total. The smallest absolute Gasteiger partial charge is 0.323 e. The Labute approximate surface area is 166 Å². The van der Waals surface area contributed by atoms with Crippen LogP contribution in [0.25, 0.3) is 22.4 Å². The van der Waals surface area contributed by atoms with Crippen molar-refractivity contribution in [3.63, 3.8) is 0 Å². The molecule has 9 heteroatoms. The molecular formula is C19H13Cl2F5N2. The standard InChI is InChI=1S/C19H13Cl2F5N2/c1-18(7-16(22)23)8-28-15-6-13(21)12(20)5-14(15)27-17(28)10-3-2-9(4-11(10)18)19(24,25)26/h2-6,16H,7-8H2,1H3. The number of hydrogen-bond acceptors (Lipinski definition) is 1. The van der Waals surface area contributed by atoms with Crippen LogP contribution in [-0.2, 0) is 18.1 Å². The highest BCUT2D eigenvalue weighted by molar-refractivity contribution is 6.42. The highest BCUT2D eigenvalue weighted by Gasteiger charge is 2.41. The van der Waals surface area contributed by atoms with E-state index in [1.165, 1.54) is 6.07 Å². The third-order valence-electron chi connectivity index (χ3n) is 5.14. The minimum absolute atomic E-state index is 0.0510. The van der Waals surface area contributed by atoms with Gasteiger partial charge in [0.2, 0.25) is 6.43 Å². The van der Waals surface area contributed by atoms with Crippen molar-refractivity contribution in [2.45, 2.75) is 37.9 Å². The van der Waals surface area contributed by atoms with E-state index in [4.69, 9.17) is 23.2 Å². The molecule has 0 radical (unpaired) electrons. The van der Waals surface area contributed by atoms with Crippen molar-refractivity contribution >= 4 is 34.2 Å². The molecule has 1 atom stereocenters.